The molecule has 2 rings (SSSR count). The van der Waals surface area contributed by atoms with Crippen LogP contribution in [0.5, 0.6) is 0 Å². The summed E-state index contributed by atoms with van der Waals surface area (Å²) < 4.78 is 38.7. The highest BCUT2D eigenvalue weighted by molar-refractivity contribution is 6.47. The first-order chi connectivity index (χ1) is 8.27. The number of halogens is 6. The molecule has 1 aromatic carbocycles. The summed E-state index contributed by atoms with van der Waals surface area (Å²) in [6.45, 7) is 0. The predicted molar refractivity (Wildman–Crippen MR) is 62.3 cm³/mol. The Labute approximate surface area is 114 Å². The van der Waals surface area contributed by atoms with Crippen molar-refractivity contribution < 1.29 is 18.0 Å². The molecule has 3 nitrogen and oxygen atoms in total. The van der Waals surface area contributed by atoms with Crippen LogP contribution in [0.2, 0.25) is 15.1 Å². The SMILES string of the molecule is COn1c(C(F)(F)F)nc2c(Cl)cc(Cl)c(Cl)c21. The van der Waals surface area contributed by atoms with E-state index >= 15 is 0 Å². The van der Waals surface area contributed by atoms with Gasteiger partial charge < -0.3 is 4.84 Å². The van der Waals surface area contributed by atoms with Crippen molar-refractivity contribution in [3.63, 3.8) is 0 Å². The Morgan fingerprint density at radius 1 is 1.22 bits per heavy atom. The van der Waals surface area contributed by atoms with Crippen LogP contribution in [-0.2, 0) is 6.18 Å². The molecule has 0 radical (unpaired) electrons. The molecule has 0 aliphatic carbocycles. The first-order valence-corrected chi connectivity index (χ1v) is 5.58. The van der Waals surface area contributed by atoms with Gasteiger partial charge in [-0.25, -0.2) is 4.98 Å². The highest BCUT2D eigenvalue weighted by Gasteiger charge is 2.39. The van der Waals surface area contributed by atoms with Crippen LogP contribution in [0.1, 0.15) is 5.82 Å². The first kappa shape index (κ1) is 13.6. The minimum absolute atomic E-state index is 0.0149. The van der Waals surface area contributed by atoms with E-state index in [1.807, 2.05) is 0 Å². The number of rotatable bonds is 1. The molecule has 0 amide bonds. The predicted octanol–water partition coefficient (Wildman–Crippen LogP) is 4.07. The van der Waals surface area contributed by atoms with Gasteiger partial charge >= 0.3 is 6.18 Å². The lowest BCUT2D eigenvalue weighted by atomic mass is 10.3. The molecule has 0 atom stereocenters. The summed E-state index contributed by atoms with van der Waals surface area (Å²) in [4.78, 5) is 8.04. The van der Waals surface area contributed by atoms with Gasteiger partial charge in [0.1, 0.15) is 18.1 Å². The minimum Gasteiger partial charge on any atom is -0.415 e. The van der Waals surface area contributed by atoms with E-state index in [-0.39, 0.29) is 26.1 Å². The lowest BCUT2D eigenvalue weighted by molar-refractivity contribution is -0.153. The van der Waals surface area contributed by atoms with Crippen molar-refractivity contribution in [3.8, 4) is 0 Å². The third-order valence-electron chi connectivity index (χ3n) is 2.17. The number of aromatic nitrogens is 2. The summed E-state index contributed by atoms with van der Waals surface area (Å²) in [5, 5.41) is -0.136. The molecular formula is C9H4Cl3F3N2O. The molecule has 9 heteroatoms. The topological polar surface area (TPSA) is 27.1 Å². The van der Waals surface area contributed by atoms with Gasteiger partial charge in [-0.3, -0.25) is 0 Å². The summed E-state index contributed by atoms with van der Waals surface area (Å²) in [6.07, 6.45) is -4.70. The smallest absolute Gasteiger partial charge is 0.415 e. The van der Waals surface area contributed by atoms with E-state index < -0.39 is 12.0 Å². The van der Waals surface area contributed by atoms with Gasteiger partial charge in [0.15, 0.2) is 0 Å². The van der Waals surface area contributed by atoms with Crippen LogP contribution in [0.4, 0.5) is 13.2 Å². The molecule has 0 bridgehead atoms. The lowest BCUT2D eigenvalue weighted by Gasteiger charge is -2.09. The Bertz CT molecular complexity index is 624. The molecule has 1 aromatic heterocycles. The molecule has 0 unspecified atom stereocenters. The summed E-state index contributed by atoms with van der Waals surface area (Å²) >= 11 is 17.4. The largest absolute Gasteiger partial charge is 0.453 e. The highest BCUT2D eigenvalue weighted by atomic mass is 35.5. The molecule has 0 spiro atoms. The Hall–Kier alpha value is -0.850. The molecule has 0 aliphatic heterocycles. The molecule has 0 N–H and O–H groups in total. The molecular weight excluding hydrogens is 315 g/mol. The minimum atomic E-state index is -4.70. The number of imidazole rings is 1. The summed E-state index contributed by atoms with van der Waals surface area (Å²) in [5.41, 5.74) is -0.246. The van der Waals surface area contributed by atoms with Crippen LogP contribution >= 0.6 is 34.8 Å². The van der Waals surface area contributed by atoms with Crippen molar-refractivity contribution in [1.82, 2.24) is 9.71 Å². The van der Waals surface area contributed by atoms with Crippen molar-refractivity contribution in [2.75, 3.05) is 7.11 Å². The van der Waals surface area contributed by atoms with E-state index in [2.05, 4.69) is 9.82 Å². The standard InChI is InChI=1S/C9H4Cl3F3N2O/c1-18-17-7-5(12)3(10)2-4(11)6(7)16-8(17)9(13,14)15/h2H,1H3. The van der Waals surface area contributed by atoms with Gasteiger partial charge in [-0.15, -0.1) is 0 Å². The number of fused-ring (bicyclic) bond motifs is 1. The third-order valence-corrected chi connectivity index (χ3v) is 3.24. The van der Waals surface area contributed by atoms with Crippen LogP contribution < -0.4 is 4.84 Å². The van der Waals surface area contributed by atoms with Gasteiger partial charge in [0.05, 0.1) is 15.1 Å². The first-order valence-electron chi connectivity index (χ1n) is 4.45. The van der Waals surface area contributed by atoms with Gasteiger partial charge in [0.25, 0.3) is 5.82 Å². The summed E-state index contributed by atoms with van der Waals surface area (Å²) in [6, 6.07) is 1.22. The van der Waals surface area contributed by atoms with E-state index in [0.717, 1.165) is 7.11 Å². The fourth-order valence-corrected chi connectivity index (χ4v) is 2.19. The second-order valence-corrected chi connectivity index (χ2v) is 4.45. The molecule has 1 heterocycles. The Morgan fingerprint density at radius 2 is 1.83 bits per heavy atom. The van der Waals surface area contributed by atoms with E-state index in [0.29, 0.717) is 4.73 Å². The van der Waals surface area contributed by atoms with Crippen LogP contribution in [-0.4, -0.2) is 16.8 Å². The molecule has 0 aliphatic rings. The van der Waals surface area contributed by atoms with Gasteiger partial charge in [0, 0.05) is 0 Å². The van der Waals surface area contributed by atoms with Gasteiger partial charge in [-0.05, 0) is 6.07 Å². The van der Waals surface area contributed by atoms with Crippen molar-refractivity contribution in [1.29, 1.82) is 0 Å². The zero-order valence-corrected chi connectivity index (χ0v) is 10.9. The van der Waals surface area contributed by atoms with Crippen LogP contribution in [0, 0.1) is 0 Å². The van der Waals surface area contributed by atoms with Crippen LogP contribution in [0.15, 0.2) is 6.07 Å². The van der Waals surface area contributed by atoms with Crippen molar-refractivity contribution in [2.45, 2.75) is 6.18 Å². The molecule has 0 saturated heterocycles. The fraction of sp³-hybridized carbons (Fsp3) is 0.222. The van der Waals surface area contributed by atoms with E-state index in [1.54, 1.807) is 0 Å². The van der Waals surface area contributed by atoms with Crippen LogP contribution in [0.25, 0.3) is 11.0 Å². The van der Waals surface area contributed by atoms with Crippen LogP contribution in [0.3, 0.4) is 0 Å². The summed E-state index contributed by atoms with van der Waals surface area (Å²) in [5.74, 6) is -1.26. The highest BCUT2D eigenvalue weighted by Crippen LogP contribution is 2.39. The Balaban J connectivity index is 2.94. The fourth-order valence-electron chi connectivity index (χ4n) is 1.48. The zero-order chi connectivity index (χ0) is 13.7. The van der Waals surface area contributed by atoms with E-state index in [4.69, 9.17) is 34.8 Å². The lowest BCUT2D eigenvalue weighted by Crippen LogP contribution is -2.18. The van der Waals surface area contributed by atoms with Crippen molar-refractivity contribution >= 4 is 45.8 Å². The quantitative estimate of drug-likeness (QED) is 0.741. The normalized spacial score (nSPS) is 12.2. The number of hydrogen-bond donors (Lipinski definition) is 0. The average Bonchev–Trinajstić information content (AvgIpc) is 2.65. The van der Waals surface area contributed by atoms with E-state index in [9.17, 15) is 13.2 Å². The molecule has 2 aromatic rings. The Morgan fingerprint density at radius 3 is 2.33 bits per heavy atom. The Kier molecular flexibility index (Phi) is 3.29. The monoisotopic (exact) mass is 318 g/mol. The zero-order valence-electron chi connectivity index (χ0n) is 8.65. The average molecular weight is 319 g/mol. The molecule has 0 fully saturated rings. The maximum atomic E-state index is 12.8. The molecule has 0 saturated carbocycles. The third kappa shape index (κ3) is 1.98. The van der Waals surface area contributed by atoms with Gasteiger partial charge in [-0.1, -0.05) is 34.8 Å². The molecule has 18 heavy (non-hydrogen) atoms. The van der Waals surface area contributed by atoms with Crippen molar-refractivity contribution in [2.24, 2.45) is 0 Å². The van der Waals surface area contributed by atoms with Crippen molar-refractivity contribution in [3.05, 3.63) is 27.0 Å². The maximum absolute atomic E-state index is 12.8. The number of alkyl halides is 3. The second kappa shape index (κ2) is 4.36. The van der Waals surface area contributed by atoms with Gasteiger partial charge in [-0.2, -0.15) is 17.9 Å². The molecule has 98 valence electrons. The number of hydrogen-bond acceptors (Lipinski definition) is 2. The second-order valence-electron chi connectivity index (χ2n) is 3.26. The number of nitrogens with zero attached hydrogens (tertiary/aromatic N) is 2. The van der Waals surface area contributed by atoms with E-state index in [1.165, 1.54) is 6.07 Å². The summed E-state index contributed by atoms with van der Waals surface area (Å²) in [7, 11) is 1.06. The number of benzene rings is 1. The maximum Gasteiger partial charge on any atom is 0.453 e. The van der Waals surface area contributed by atoms with Gasteiger partial charge in [0.2, 0.25) is 0 Å².